The fraction of sp³-hybridized carbons (Fsp3) is 0.375. The van der Waals surface area contributed by atoms with Crippen molar-refractivity contribution in [1.82, 2.24) is 5.16 Å². The third-order valence-corrected chi connectivity index (χ3v) is 3.28. The molecule has 1 heterocycles. The summed E-state index contributed by atoms with van der Waals surface area (Å²) in [6, 6.07) is 5.98. The molecule has 0 spiro atoms. The van der Waals surface area contributed by atoms with Crippen molar-refractivity contribution in [2.45, 2.75) is 40.5 Å². The van der Waals surface area contributed by atoms with Crippen molar-refractivity contribution in [3.05, 3.63) is 46.3 Å². The van der Waals surface area contributed by atoms with Crippen LogP contribution in [0, 0.1) is 20.8 Å². The van der Waals surface area contributed by atoms with E-state index in [1.54, 1.807) is 6.92 Å². The lowest BCUT2D eigenvalue weighted by molar-refractivity contribution is 0.102. The van der Waals surface area contributed by atoms with Crippen LogP contribution in [0.25, 0.3) is 0 Å². The van der Waals surface area contributed by atoms with Crippen molar-refractivity contribution in [1.29, 1.82) is 0 Å². The van der Waals surface area contributed by atoms with Gasteiger partial charge in [-0.2, -0.15) is 0 Å². The average Bonchev–Trinajstić information content (AvgIpc) is 2.76. The van der Waals surface area contributed by atoms with Crippen LogP contribution >= 0.6 is 0 Å². The number of carbonyl (C=O) groups is 1. The van der Waals surface area contributed by atoms with Crippen molar-refractivity contribution in [3.8, 4) is 0 Å². The minimum Gasteiger partial charge on any atom is -0.360 e. The van der Waals surface area contributed by atoms with E-state index in [2.05, 4.69) is 10.5 Å². The van der Waals surface area contributed by atoms with Crippen LogP contribution in [0.1, 0.15) is 52.7 Å². The van der Waals surface area contributed by atoms with Gasteiger partial charge in [0.2, 0.25) is 0 Å². The van der Waals surface area contributed by atoms with Crippen molar-refractivity contribution in [2.75, 3.05) is 5.32 Å². The number of anilines is 1. The number of nitrogens with one attached hydrogen (secondary N) is 1. The summed E-state index contributed by atoms with van der Waals surface area (Å²) < 4.78 is 5.26. The molecule has 2 rings (SSSR count). The Hall–Kier alpha value is -2.10. The first-order valence-electron chi connectivity index (χ1n) is 6.75. The highest BCUT2D eigenvalue weighted by atomic mass is 16.5. The van der Waals surface area contributed by atoms with Gasteiger partial charge in [-0.05, 0) is 38.0 Å². The van der Waals surface area contributed by atoms with Crippen LogP contribution in [-0.4, -0.2) is 11.1 Å². The molecule has 0 atom stereocenters. The van der Waals surface area contributed by atoms with Gasteiger partial charge in [-0.25, -0.2) is 0 Å². The summed E-state index contributed by atoms with van der Waals surface area (Å²) in [6.45, 7) is 9.72. The van der Waals surface area contributed by atoms with Gasteiger partial charge in [-0.15, -0.1) is 0 Å². The first kappa shape index (κ1) is 14.3. The van der Waals surface area contributed by atoms with E-state index in [9.17, 15) is 4.79 Å². The van der Waals surface area contributed by atoms with Gasteiger partial charge in [0, 0.05) is 11.6 Å². The van der Waals surface area contributed by atoms with Gasteiger partial charge in [0.05, 0.1) is 5.69 Å². The van der Waals surface area contributed by atoms with E-state index in [0.29, 0.717) is 17.0 Å². The molecule has 0 saturated heterocycles. The molecule has 0 fully saturated rings. The van der Waals surface area contributed by atoms with E-state index >= 15 is 0 Å². The topological polar surface area (TPSA) is 55.1 Å². The molecule has 0 aliphatic rings. The number of aromatic nitrogens is 1. The Kier molecular flexibility index (Phi) is 3.93. The molecule has 0 saturated carbocycles. The van der Waals surface area contributed by atoms with E-state index in [0.717, 1.165) is 16.8 Å². The first-order valence-corrected chi connectivity index (χ1v) is 6.75. The number of hydrogen-bond acceptors (Lipinski definition) is 3. The predicted octanol–water partition coefficient (Wildman–Crippen LogP) is 3.98. The van der Waals surface area contributed by atoms with Crippen LogP contribution in [0.2, 0.25) is 0 Å². The summed E-state index contributed by atoms with van der Waals surface area (Å²) in [5, 5.41) is 6.86. The first-order chi connectivity index (χ1) is 9.40. The van der Waals surface area contributed by atoms with E-state index < -0.39 is 0 Å². The third kappa shape index (κ3) is 2.74. The zero-order chi connectivity index (χ0) is 14.9. The van der Waals surface area contributed by atoms with Gasteiger partial charge in [0.1, 0.15) is 5.56 Å². The molecule has 4 nitrogen and oxygen atoms in total. The zero-order valence-corrected chi connectivity index (χ0v) is 12.6. The predicted molar refractivity (Wildman–Crippen MR) is 79.2 cm³/mol. The number of rotatable bonds is 3. The highest BCUT2D eigenvalue weighted by molar-refractivity contribution is 6.06. The molecule has 0 aliphatic heterocycles. The fourth-order valence-corrected chi connectivity index (χ4v) is 2.11. The maximum Gasteiger partial charge on any atom is 0.261 e. The van der Waals surface area contributed by atoms with Gasteiger partial charge in [0.15, 0.2) is 5.76 Å². The smallest absolute Gasteiger partial charge is 0.261 e. The molecular formula is C16H20N2O2. The van der Waals surface area contributed by atoms with Crippen molar-refractivity contribution in [3.63, 3.8) is 0 Å². The molecule has 2 aromatic rings. The van der Waals surface area contributed by atoms with Crippen LogP contribution in [0.3, 0.4) is 0 Å². The van der Waals surface area contributed by atoms with Gasteiger partial charge in [0.25, 0.3) is 5.91 Å². The minimum atomic E-state index is -0.166. The van der Waals surface area contributed by atoms with E-state index in [4.69, 9.17) is 4.52 Å². The number of carbonyl (C=O) groups excluding carboxylic acids is 1. The molecule has 0 unspecified atom stereocenters. The summed E-state index contributed by atoms with van der Waals surface area (Å²) >= 11 is 0. The lowest BCUT2D eigenvalue weighted by Crippen LogP contribution is -2.15. The second-order valence-corrected chi connectivity index (χ2v) is 5.43. The molecule has 1 N–H and O–H groups in total. The van der Waals surface area contributed by atoms with Gasteiger partial charge < -0.3 is 9.84 Å². The highest BCUT2D eigenvalue weighted by Gasteiger charge is 2.22. The molecule has 0 bridgehead atoms. The van der Waals surface area contributed by atoms with Crippen LogP contribution in [0.4, 0.5) is 5.69 Å². The zero-order valence-electron chi connectivity index (χ0n) is 12.6. The molecule has 1 amide bonds. The SMILES string of the molecule is Cc1ccc(C)c(NC(=O)c2c(C)noc2C(C)C)c1. The maximum atomic E-state index is 12.5. The Balaban J connectivity index is 2.33. The largest absolute Gasteiger partial charge is 0.360 e. The minimum absolute atomic E-state index is 0.121. The standard InChI is InChI=1S/C16H20N2O2/c1-9(2)15-14(12(5)18-20-15)16(19)17-13-8-10(3)6-7-11(13)4/h6-9H,1-5H3,(H,17,19). The van der Waals surface area contributed by atoms with E-state index in [1.165, 1.54) is 0 Å². The fourth-order valence-electron chi connectivity index (χ4n) is 2.11. The molecule has 4 heteroatoms. The number of benzene rings is 1. The van der Waals surface area contributed by atoms with Crippen molar-refractivity contribution < 1.29 is 9.32 Å². The van der Waals surface area contributed by atoms with Gasteiger partial charge in [-0.1, -0.05) is 31.1 Å². The molecule has 20 heavy (non-hydrogen) atoms. The number of nitrogens with zero attached hydrogens (tertiary/aromatic N) is 1. The molecule has 106 valence electrons. The highest BCUT2D eigenvalue weighted by Crippen LogP contribution is 2.24. The van der Waals surface area contributed by atoms with Gasteiger partial charge in [-0.3, -0.25) is 4.79 Å². The average molecular weight is 272 g/mol. The van der Waals surface area contributed by atoms with Crippen LogP contribution in [0.5, 0.6) is 0 Å². The lowest BCUT2D eigenvalue weighted by Gasteiger charge is -2.10. The monoisotopic (exact) mass is 272 g/mol. The number of amides is 1. The lowest BCUT2D eigenvalue weighted by atomic mass is 10.0. The van der Waals surface area contributed by atoms with E-state index in [-0.39, 0.29) is 11.8 Å². The number of hydrogen-bond donors (Lipinski definition) is 1. The van der Waals surface area contributed by atoms with E-state index in [1.807, 2.05) is 45.9 Å². The van der Waals surface area contributed by atoms with Crippen LogP contribution in [0.15, 0.2) is 22.7 Å². The Morgan fingerprint density at radius 3 is 2.60 bits per heavy atom. The Bertz CT molecular complexity index is 642. The summed E-state index contributed by atoms with van der Waals surface area (Å²) in [7, 11) is 0. The normalized spacial score (nSPS) is 10.9. The Morgan fingerprint density at radius 1 is 1.25 bits per heavy atom. The molecule has 0 radical (unpaired) electrons. The van der Waals surface area contributed by atoms with Crippen molar-refractivity contribution >= 4 is 11.6 Å². The maximum absolute atomic E-state index is 12.5. The Morgan fingerprint density at radius 2 is 1.95 bits per heavy atom. The second kappa shape index (κ2) is 5.49. The third-order valence-electron chi connectivity index (χ3n) is 3.28. The van der Waals surface area contributed by atoms with Crippen LogP contribution < -0.4 is 5.32 Å². The molecule has 1 aromatic heterocycles. The summed E-state index contributed by atoms with van der Waals surface area (Å²) in [5.41, 5.74) is 4.13. The second-order valence-electron chi connectivity index (χ2n) is 5.43. The van der Waals surface area contributed by atoms with Gasteiger partial charge >= 0.3 is 0 Å². The quantitative estimate of drug-likeness (QED) is 0.919. The van der Waals surface area contributed by atoms with Crippen molar-refractivity contribution in [2.24, 2.45) is 0 Å². The Labute approximate surface area is 119 Å². The number of aryl methyl sites for hydroxylation is 3. The molecule has 1 aromatic carbocycles. The molecular weight excluding hydrogens is 252 g/mol. The molecule has 0 aliphatic carbocycles. The summed E-state index contributed by atoms with van der Waals surface area (Å²) in [6.07, 6.45) is 0. The summed E-state index contributed by atoms with van der Waals surface area (Å²) in [4.78, 5) is 12.5. The summed E-state index contributed by atoms with van der Waals surface area (Å²) in [5.74, 6) is 0.585. The van der Waals surface area contributed by atoms with Crippen LogP contribution in [-0.2, 0) is 0 Å².